The van der Waals surface area contributed by atoms with Gasteiger partial charge in [-0.15, -0.1) is 12.4 Å². The summed E-state index contributed by atoms with van der Waals surface area (Å²) < 4.78 is -0.377. The van der Waals surface area contributed by atoms with Crippen LogP contribution in [-0.4, -0.2) is 52.0 Å². The van der Waals surface area contributed by atoms with E-state index in [0.717, 1.165) is 0 Å². The summed E-state index contributed by atoms with van der Waals surface area (Å²) in [5.41, 5.74) is 6.31. The van der Waals surface area contributed by atoms with E-state index in [-0.39, 0.29) is 40.6 Å². The van der Waals surface area contributed by atoms with Gasteiger partial charge in [-0.3, -0.25) is 4.79 Å². The molecule has 2 atom stereocenters. The third kappa shape index (κ3) is 6.18. The number of nitrogens with zero attached hydrogens (tertiary/aromatic N) is 1. The van der Waals surface area contributed by atoms with Crippen LogP contribution in [0.25, 0.3) is 0 Å². The molecule has 0 aromatic heterocycles. The number of amides is 1. The third-order valence-electron chi connectivity index (χ3n) is 3.78. The van der Waals surface area contributed by atoms with Gasteiger partial charge in [0.1, 0.15) is 0 Å². The van der Waals surface area contributed by atoms with Gasteiger partial charge in [-0.2, -0.15) is 11.8 Å². The van der Waals surface area contributed by atoms with Gasteiger partial charge in [0.05, 0.1) is 12.1 Å². The number of carboxylic acids is 1. The average Bonchev–Trinajstić information content (AvgIpc) is 2.41. The Balaban J connectivity index is 0. The van der Waals surface area contributed by atoms with Crippen molar-refractivity contribution in [3.8, 4) is 0 Å². The Bertz CT molecular complexity index is 425. The minimum atomic E-state index is -0.977. The lowest BCUT2D eigenvalue weighted by Crippen LogP contribution is -2.55. The fourth-order valence-corrected chi connectivity index (χ4v) is 2.22. The first-order chi connectivity index (χ1) is 9.45. The van der Waals surface area contributed by atoms with Crippen LogP contribution in [0.1, 0.15) is 34.6 Å². The lowest BCUT2D eigenvalue weighted by Gasteiger charge is -2.36. The van der Waals surface area contributed by atoms with Crippen LogP contribution in [0.5, 0.6) is 0 Å². The Morgan fingerprint density at radius 1 is 1.32 bits per heavy atom. The van der Waals surface area contributed by atoms with E-state index in [1.54, 1.807) is 18.0 Å². The maximum Gasteiger partial charge on any atom is 0.331 e. The quantitative estimate of drug-likeness (QED) is 0.687. The molecule has 0 aliphatic rings. The molecule has 22 heavy (non-hydrogen) atoms. The molecule has 0 aliphatic heterocycles. The largest absolute Gasteiger partial charge is 0.478 e. The van der Waals surface area contributed by atoms with Crippen molar-refractivity contribution in [1.82, 2.24) is 4.90 Å². The summed E-state index contributed by atoms with van der Waals surface area (Å²) in [7, 11) is 1.68. The second-order valence-corrected chi connectivity index (χ2v) is 7.58. The molecular formula is C15H29ClN2O3S. The first-order valence-corrected chi connectivity index (χ1v) is 8.17. The fourth-order valence-electron chi connectivity index (χ4n) is 1.87. The van der Waals surface area contributed by atoms with E-state index in [0.29, 0.717) is 0 Å². The van der Waals surface area contributed by atoms with Gasteiger partial charge in [0.2, 0.25) is 5.91 Å². The molecule has 0 fully saturated rings. The van der Waals surface area contributed by atoms with Gasteiger partial charge < -0.3 is 15.7 Å². The van der Waals surface area contributed by atoms with Crippen LogP contribution in [0, 0.1) is 5.92 Å². The minimum absolute atomic E-state index is 0. The van der Waals surface area contributed by atoms with Crippen molar-refractivity contribution in [2.24, 2.45) is 11.7 Å². The molecule has 0 bridgehead atoms. The molecule has 0 aromatic carbocycles. The van der Waals surface area contributed by atoms with Gasteiger partial charge in [-0.05, 0) is 32.9 Å². The van der Waals surface area contributed by atoms with Crippen LogP contribution in [0.15, 0.2) is 11.6 Å². The lowest BCUT2D eigenvalue weighted by molar-refractivity contribution is -0.135. The van der Waals surface area contributed by atoms with Crippen molar-refractivity contribution in [2.75, 3.05) is 13.3 Å². The molecule has 0 spiro atoms. The van der Waals surface area contributed by atoms with E-state index in [1.807, 2.05) is 34.0 Å². The third-order valence-corrected chi connectivity index (χ3v) is 5.08. The average molecular weight is 353 g/mol. The number of thioether (sulfide) groups is 1. The van der Waals surface area contributed by atoms with Crippen molar-refractivity contribution >= 4 is 36.0 Å². The molecule has 130 valence electrons. The molecule has 0 heterocycles. The zero-order valence-electron chi connectivity index (χ0n) is 14.4. The van der Waals surface area contributed by atoms with Crippen LogP contribution >= 0.6 is 24.2 Å². The van der Waals surface area contributed by atoms with Crippen LogP contribution in [0.4, 0.5) is 0 Å². The predicted octanol–water partition coefficient (Wildman–Crippen LogP) is 2.39. The number of likely N-dealkylation sites (N-methyl/N-ethyl adjacent to an activating group) is 1. The Kier molecular flexibility index (Phi) is 10.1. The first-order valence-electron chi connectivity index (χ1n) is 6.94. The standard InChI is InChI=1S/C15H28N2O3S.ClH/c1-9(2)11(8-10(3)14(19)20)17(6)13(18)12(16)15(4,5)21-7;/h8-9,11-12H,16H2,1-7H3,(H,19,20);1H/b10-8+;/t11-,12-;/m1./s1. The van der Waals surface area contributed by atoms with Crippen molar-refractivity contribution in [1.29, 1.82) is 0 Å². The van der Waals surface area contributed by atoms with Crippen LogP contribution < -0.4 is 5.73 Å². The zero-order valence-corrected chi connectivity index (χ0v) is 16.0. The smallest absolute Gasteiger partial charge is 0.331 e. The number of hydrogen-bond donors (Lipinski definition) is 2. The normalized spacial score (nSPS) is 15.0. The maximum absolute atomic E-state index is 12.6. The van der Waals surface area contributed by atoms with Gasteiger partial charge >= 0.3 is 5.97 Å². The van der Waals surface area contributed by atoms with E-state index >= 15 is 0 Å². The number of hydrogen-bond acceptors (Lipinski definition) is 4. The molecule has 0 saturated heterocycles. The highest BCUT2D eigenvalue weighted by Gasteiger charge is 2.35. The number of aliphatic carboxylic acids is 1. The summed E-state index contributed by atoms with van der Waals surface area (Å²) in [6, 6.07) is -0.936. The molecule has 0 unspecified atom stereocenters. The second-order valence-electron chi connectivity index (χ2n) is 6.12. The molecule has 5 nitrogen and oxygen atoms in total. The highest BCUT2D eigenvalue weighted by atomic mass is 35.5. The van der Waals surface area contributed by atoms with E-state index in [4.69, 9.17) is 10.8 Å². The van der Waals surface area contributed by atoms with Crippen LogP contribution in [0.2, 0.25) is 0 Å². The summed E-state index contributed by atoms with van der Waals surface area (Å²) in [6.45, 7) is 9.28. The molecular weight excluding hydrogens is 324 g/mol. The van der Waals surface area contributed by atoms with Gasteiger partial charge in [-0.1, -0.05) is 19.9 Å². The maximum atomic E-state index is 12.6. The number of carbonyl (C=O) groups is 2. The minimum Gasteiger partial charge on any atom is -0.478 e. The van der Waals surface area contributed by atoms with Crippen molar-refractivity contribution in [3.63, 3.8) is 0 Å². The molecule has 7 heteroatoms. The number of carboxylic acid groups (broad SMARTS) is 1. The summed E-state index contributed by atoms with van der Waals surface area (Å²) in [4.78, 5) is 25.1. The topological polar surface area (TPSA) is 83.6 Å². The Labute approximate surface area is 144 Å². The van der Waals surface area contributed by atoms with Crippen LogP contribution in [0.3, 0.4) is 0 Å². The summed E-state index contributed by atoms with van der Waals surface area (Å²) in [5.74, 6) is -1.06. The highest BCUT2D eigenvalue weighted by molar-refractivity contribution is 8.00. The van der Waals surface area contributed by atoms with Gasteiger partial charge in [0.25, 0.3) is 0 Å². The number of nitrogens with two attached hydrogens (primary N) is 1. The van der Waals surface area contributed by atoms with E-state index in [2.05, 4.69) is 0 Å². The molecule has 0 aromatic rings. The SMILES string of the molecule is CSC(C)(C)[C@H](N)C(=O)N(C)[C@H](/C=C(\C)C(=O)O)C(C)C.Cl. The monoisotopic (exact) mass is 352 g/mol. The molecule has 0 rings (SSSR count). The Morgan fingerprint density at radius 3 is 2.09 bits per heavy atom. The van der Waals surface area contributed by atoms with Crippen molar-refractivity contribution < 1.29 is 14.7 Å². The first kappa shape index (κ1) is 23.5. The van der Waals surface area contributed by atoms with Crippen molar-refractivity contribution in [2.45, 2.75) is 51.4 Å². The molecule has 0 saturated carbocycles. The second kappa shape index (κ2) is 9.43. The van der Waals surface area contributed by atoms with Crippen molar-refractivity contribution in [3.05, 3.63) is 11.6 Å². The Morgan fingerprint density at radius 2 is 1.77 bits per heavy atom. The molecule has 1 amide bonds. The number of halogens is 1. The lowest BCUT2D eigenvalue weighted by atomic mass is 9.97. The number of rotatable bonds is 7. The van der Waals surface area contributed by atoms with Gasteiger partial charge in [-0.25, -0.2) is 4.79 Å². The van der Waals surface area contributed by atoms with Gasteiger partial charge in [0, 0.05) is 17.4 Å². The summed E-state index contributed by atoms with van der Waals surface area (Å²) in [6.07, 6.45) is 3.53. The molecule has 3 N–H and O–H groups in total. The predicted molar refractivity (Wildman–Crippen MR) is 95.6 cm³/mol. The summed E-state index contributed by atoms with van der Waals surface area (Å²) >= 11 is 1.54. The Hall–Kier alpha value is -0.720. The molecule has 0 radical (unpaired) electrons. The zero-order chi connectivity index (χ0) is 17.0. The van der Waals surface area contributed by atoms with E-state index < -0.39 is 12.0 Å². The van der Waals surface area contributed by atoms with E-state index in [9.17, 15) is 9.59 Å². The van der Waals surface area contributed by atoms with Gasteiger partial charge in [0.15, 0.2) is 0 Å². The highest BCUT2D eigenvalue weighted by Crippen LogP contribution is 2.26. The fraction of sp³-hybridized carbons (Fsp3) is 0.733. The van der Waals surface area contributed by atoms with E-state index in [1.165, 1.54) is 18.7 Å². The summed E-state index contributed by atoms with van der Waals surface area (Å²) in [5, 5.41) is 9.01. The van der Waals surface area contributed by atoms with Crippen LogP contribution in [-0.2, 0) is 9.59 Å². The molecule has 0 aliphatic carbocycles. The number of carbonyl (C=O) groups excluding carboxylic acids is 1.